The first kappa shape index (κ1) is 29.2. The van der Waals surface area contributed by atoms with Crippen LogP contribution in [0.3, 0.4) is 0 Å². The van der Waals surface area contributed by atoms with Crippen LogP contribution in [0, 0.1) is 0 Å². The Morgan fingerprint density at radius 3 is 2.45 bits per heavy atom. The molecule has 0 aliphatic carbocycles. The largest absolute Gasteiger partial charge is 0.497 e. The zero-order valence-corrected chi connectivity index (χ0v) is 23.7. The molecule has 1 fully saturated rings. The number of thioether (sulfide) groups is 1. The number of piperazine rings is 1. The van der Waals surface area contributed by atoms with Crippen LogP contribution in [0.4, 0.5) is 13.2 Å². The van der Waals surface area contributed by atoms with Crippen molar-refractivity contribution in [3.63, 3.8) is 0 Å². The predicted octanol–water partition coefficient (Wildman–Crippen LogP) is 5.43. The Hall–Kier alpha value is -4.32. The van der Waals surface area contributed by atoms with Gasteiger partial charge < -0.3 is 14.5 Å². The summed E-state index contributed by atoms with van der Waals surface area (Å²) in [7, 11) is 1.59. The minimum absolute atomic E-state index is 0.0286. The van der Waals surface area contributed by atoms with Crippen molar-refractivity contribution in [2.45, 2.75) is 24.3 Å². The lowest BCUT2D eigenvalue weighted by Crippen LogP contribution is -2.55. The van der Waals surface area contributed by atoms with Gasteiger partial charge in [-0.05, 0) is 49.4 Å². The number of rotatable bonds is 7. The van der Waals surface area contributed by atoms with Crippen LogP contribution in [-0.2, 0) is 11.0 Å². The van der Waals surface area contributed by atoms with Gasteiger partial charge in [-0.3, -0.25) is 14.2 Å². The summed E-state index contributed by atoms with van der Waals surface area (Å²) in [4.78, 5) is 29.4. The first-order valence-electron chi connectivity index (χ1n) is 13.2. The maximum absolute atomic E-state index is 13.2. The molecule has 1 aliphatic rings. The van der Waals surface area contributed by atoms with Crippen LogP contribution in [0.25, 0.3) is 17.1 Å². The van der Waals surface area contributed by atoms with Gasteiger partial charge in [0.1, 0.15) is 5.75 Å². The standard InChI is InChI=1S/C30H28F3N5O3S/c1-20-18-36(14-15-37(20)28(40)22-9-6-10-23(16-22)30(31,32)33)26(39)19-42-29-35-34-27(21-8-7-13-25(17-21)41-2)38(29)24-11-4-3-5-12-24/h3-13,16-17,20H,14-15,18-19H2,1-2H3. The summed E-state index contributed by atoms with van der Waals surface area (Å²) in [6.07, 6.45) is -4.54. The van der Waals surface area contributed by atoms with Crippen LogP contribution in [0.2, 0.25) is 0 Å². The van der Waals surface area contributed by atoms with Gasteiger partial charge in [-0.2, -0.15) is 13.2 Å². The molecule has 8 nitrogen and oxygen atoms in total. The fraction of sp³-hybridized carbons (Fsp3) is 0.267. The topological polar surface area (TPSA) is 80.6 Å². The average Bonchev–Trinajstić information content (AvgIpc) is 3.43. The van der Waals surface area contributed by atoms with Crippen molar-refractivity contribution in [3.8, 4) is 22.8 Å². The number of benzene rings is 3. The van der Waals surface area contributed by atoms with Gasteiger partial charge in [0.15, 0.2) is 11.0 Å². The maximum atomic E-state index is 13.2. The van der Waals surface area contributed by atoms with E-state index in [9.17, 15) is 22.8 Å². The van der Waals surface area contributed by atoms with E-state index in [4.69, 9.17) is 4.74 Å². The van der Waals surface area contributed by atoms with Gasteiger partial charge in [-0.25, -0.2) is 0 Å². The van der Waals surface area contributed by atoms with E-state index in [0.29, 0.717) is 16.7 Å². The highest BCUT2D eigenvalue weighted by Gasteiger charge is 2.34. The molecule has 0 bridgehead atoms. The molecule has 1 atom stereocenters. The molecule has 1 aliphatic heterocycles. The molecule has 1 aromatic heterocycles. The molecule has 2 amide bonds. The van der Waals surface area contributed by atoms with E-state index >= 15 is 0 Å². The summed E-state index contributed by atoms with van der Waals surface area (Å²) in [5, 5.41) is 9.34. The molecule has 5 rings (SSSR count). The average molecular weight is 596 g/mol. The van der Waals surface area contributed by atoms with Crippen molar-refractivity contribution >= 4 is 23.6 Å². The van der Waals surface area contributed by atoms with Gasteiger partial charge in [0, 0.05) is 42.5 Å². The molecule has 12 heteroatoms. The van der Waals surface area contributed by atoms with Gasteiger partial charge in [-0.1, -0.05) is 48.2 Å². The van der Waals surface area contributed by atoms with Gasteiger partial charge >= 0.3 is 6.18 Å². The summed E-state index contributed by atoms with van der Waals surface area (Å²) in [6, 6.07) is 21.1. The second kappa shape index (κ2) is 12.3. The fourth-order valence-corrected chi connectivity index (χ4v) is 5.67. The van der Waals surface area contributed by atoms with E-state index in [1.165, 1.54) is 28.8 Å². The van der Waals surface area contributed by atoms with E-state index in [1.807, 2.05) is 59.2 Å². The first-order valence-corrected chi connectivity index (χ1v) is 14.2. The molecule has 42 heavy (non-hydrogen) atoms. The Morgan fingerprint density at radius 2 is 1.74 bits per heavy atom. The maximum Gasteiger partial charge on any atom is 0.416 e. The Bertz CT molecular complexity index is 1580. The van der Waals surface area contributed by atoms with E-state index in [-0.39, 0.29) is 42.9 Å². The summed E-state index contributed by atoms with van der Waals surface area (Å²) < 4.78 is 46.7. The number of amides is 2. The molecule has 3 aromatic carbocycles. The predicted molar refractivity (Wildman–Crippen MR) is 153 cm³/mol. The van der Waals surface area contributed by atoms with Crippen molar-refractivity contribution in [1.29, 1.82) is 0 Å². The number of hydrogen-bond acceptors (Lipinski definition) is 6. The molecule has 1 saturated heterocycles. The van der Waals surface area contributed by atoms with Crippen LogP contribution in [0.1, 0.15) is 22.8 Å². The van der Waals surface area contributed by atoms with Crippen molar-refractivity contribution in [2.75, 3.05) is 32.5 Å². The summed E-state index contributed by atoms with van der Waals surface area (Å²) in [5.41, 5.74) is 0.744. The van der Waals surface area contributed by atoms with Gasteiger partial charge in [0.2, 0.25) is 5.91 Å². The summed E-state index contributed by atoms with van der Waals surface area (Å²) in [5.74, 6) is 0.751. The number of aromatic nitrogens is 3. The third-order valence-corrected chi connectivity index (χ3v) is 7.89. The van der Waals surface area contributed by atoms with Gasteiger partial charge in [-0.15, -0.1) is 10.2 Å². The number of carbonyl (C=O) groups is 2. The van der Waals surface area contributed by atoms with E-state index < -0.39 is 17.6 Å². The van der Waals surface area contributed by atoms with Crippen molar-refractivity contribution in [2.24, 2.45) is 0 Å². The third kappa shape index (κ3) is 6.28. The van der Waals surface area contributed by atoms with Crippen LogP contribution < -0.4 is 4.74 Å². The molecule has 4 aromatic rings. The third-order valence-electron chi connectivity index (χ3n) is 6.98. The highest BCUT2D eigenvalue weighted by atomic mass is 32.2. The molecule has 0 N–H and O–H groups in total. The quantitative estimate of drug-likeness (QED) is 0.265. The molecule has 1 unspecified atom stereocenters. The normalized spacial score (nSPS) is 15.5. The molecule has 0 spiro atoms. The Morgan fingerprint density at radius 1 is 0.976 bits per heavy atom. The highest BCUT2D eigenvalue weighted by molar-refractivity contribution is 7.99. The zero-order valence-electron chi connectivity index (χ0n) is 22.9. The molecular weight excluding hydrogens is 567 g/mol. The SMILES string of the molecule is COc1cccc(-c2nnc(SCC(=O)N3CCN(C(=O)c4cccc(C(F)(F)F)c4)C(C)C3)n2-c2ccccc2)c1. The lowest BCUT2D eigenvalue weighted by atomic mass is 10.1. The molecule has 0 radical (unpaired) electrons. The molecule has 0 saturated carbocycles. The van der Waals surface area contributed by atoms with Gasteiger partial charge in [0.25, 0.3) is 5.91 Å². The van der Waals surface area contributed by atoms with Crippen LogP contribution >= 0.6 is 11.8 Å². The Balaban J connectivity index is 1.27. The monoisotopic (exact) mass is 595 g/mol. The van der Waals surface area contributed by atoms with E-state index in [0.717, 1.165) is 23.4 Å². The van der Waals surface area contributed by atoms with Crippen LogP contribution in [0.5, 0.6) is 5.75 Å². The Kier molecular flexibility index (Phi) is 8.53. The second-order valence-corrected chi connectivity index (χ2v) is 10.7. The zero-order chi connectivity index (χ0) is 29.9. The molecular formula is C30H28F3N5O3S. The van der Waals surface area contributed by atoms with Crippen LogP contribution in [-0.4, -0.2) is 74.9 Å². The minimum Gasteiger partial charge on any atom is -0.497 e. The first-order chi connectivity index (χ1) is 20.2. The van der Waals surface area contributed by atoms with Gasteiger partial charge in [0.05, 0.1) is 18.4 Å². The lowest BCUT2D eigenvalue weighted by Gasteiger charge is -2.40. The molecule has 218 valence electrons. The summed E-state index contributed by atoms with van der Waals surface area (Å²) in [6.45, 7) is 2.54. The number of carbonyl (C=O) groups excluding carboxylic acids is 2. The highest BCUT2D eigenvalue weighted by Crippen LogP contribution is 2.31. The smallest absolute Gasteiger partial charge is 0.416 e. The number of para-hydroxylation sites is 1. The fourth-order valence-electron chi connectivity index (χ4n) is 4.82. The molecule has 2 heterocycles. The number of nitrogens with zero attached hydrogens (tertiary/aromatic N) is 5. The van der Waals surface area contributed by atoms with Crippen molar-refractivity contribution in [3.05, 3.63) is 90.0 Å². The number of ether oxygens (including phenoxy) is 1. The Labute approximate surface area is 245 Å². The van der Waals surface area contributed by atoms with Crippen molar-refractivity contribution in [1.82, 2.24) is 24.6 Å². The van der Waals surface area contributed by atoms with Crippen LogP contribution in [0.15, 0.2) is 84.0 Å². The lowest BCUT2D eigenvalue weighted by molar-refractivity contribution is -0.137. The number of alkyl halides is 3. The second-order valence-electron chi connectivity index (χ2n) is 9.76. The number of methoxy groups -OCH3 is 1. The summed E-state index contributed by atoms with van der Waals surface area (Å²) >= 11 is 1.26. The number of hydrogen-bond donors (Lipinski definition) is 0. The van der Waals surface area contributed by atoms with E-state index in [1.54, 1.807) is 18.9 Å². The van der Waals surface area contributed by atoms with Crippen molar-refractivity contribution < 1.29 is 27.5 Å². The van der Waals surface area contributed by atoms with E-state index in [2.05, 4.69) is 10.2 Å². The number of halogens is 3. The minimum atomic E-state index is -4.54.